The summed E-state index contributed by atoms with van der Waals surface area (Å²) in [6.45, 7) is 29.3. The highest BCUT2D eigenvalue weighted by atomic mass is 16.5. The molecule has 4 fully saturated rings. The molecule has 2 unspecified atom stereocenters. The Hall–Kier alpha value is -3.36. The molecular formula is C48H71N3O6. The number of rotatable bonds is 8. The Morgan fingerprint density at radius 2 is 1.72 bits per heavy atom. The van der Waals surface area contributed by atoms with Gasteiger partial charge in [-0.05, 0) is 122 Å². The highest BCUT2D eigenvalue weighted by molar-refractivity contribution is 6.02. The van der Waals surface area contributed by atoms with Crippen LogP contribution < -0.4 is 5.56 Å². The van der Waals surface area contributed by atoms with Crippen LogP contribution in [0.25, 0.3) is 0 Å². The third-order valence-electron chi connectivity index (χ3n) is 17.6. The van der Waals surface area contributed by atoms with Crippen molar-refractivity contribution < 1.29 is 24.2 Å². The lowest BCUT2D eigenvalue weighted by molar-refractivity contribution is -0.232. The average molecular weight is 786 g/mol. The Balaban J connectivity index is 1.25. The molecule has 9 heteroatoms. The van der Waals surface area contributed by atoms with Gasteiger partial charge in [0.05, 0.1) is 37.6 Å². The highest BCUT2D eigenvalue weighted by Gasteiger charge is 2.71. The number of nitrogens with zero attached hydrogens (tertiary/aromatic N) is 3. The Morgan fingerprint density at radius 3 is 2.32 bits per heavy atom. The number of methoxy groups -OCH3 is 1. The molecule has 9 nitrogen and oxygen atoms in total. The molecule has 9 atom stereocenters. The van der Waals surface area contributed by atoms with Crippen molar-refractivity contribution in [1.82, 2.24) is 9.36 Å². The summed E-state index contributed by atoms with van der Waals surface area (Å²) in [6, 6.07) is -0.219. The largest absolute Gasteiger partial charge is 0.512 e. The van der Waals surface area contributed by atoms with Crippen LogP contribution in [-0.2, 0) is 31.0 Å². The number of ether oxygens (including phenoxy) is 2. The van der Waals surface area contributed by atoms with Crippen LogP contribution in [0.5, 0.6) is 0 Å². The SMILES string of the molecule is C=C(O)C(C)(C)CC(=O)O[C@H]1CC[C@]2(C)[C@H]3CC[C@@H]4C5=C(C(C)C)C(=O)CC5(c5c(C)c(=O)n(C6C=CC(OC)=NC6)n5CC)CC[C@@]4(C)[C@]3(C)CC[C@H]2C1(C)C. The molecule has 2 heterocycles. The van der Waals surface area contributed by atoms with Crippen molar-refractivity contribution in [1.29, 1.82) is 0 Å². The maximum atomic E-state index is 14.6. The zero-order chi connectivity index (χ0) is 41.8. The molecule has 0 aromatic carbocycles. The Bertz CT molecular complexity index is 2010. The number of aliphatic hydroxyl groups is 1. The van der Waals surface area contributed by atoms with Gasteiger partial charge in [-0.2, -0.15) is 0 Å². The van der Waals surface area contributed by atoms with Gasteiger partial charge in [0.2, 0.25) is 5.90 Å². The van der Waals surface area contributed by atoms with Crippen LogP contribution >= 0.6 is 0 Å². The number of carbonyl (C=O) groups is 2. The first kappa shape index (κ1) is 41.8. The number of aliphatic imine (C=N–C) groups is 1. The summed E-state index contributed by atoms with van der Waals surface area (Å²) in [4.78, 5) is 46.9. The van der Waals surface area contributed by atoms with Gasteiger partial charge in [0.25, 0.3) is 5.56 Å². The predicted molar refractivity (Wildman–Crippen MR) is 225 cm³/mol. The quantitative estimate of drug-likeness (QED) is 0.208. The number of allylic oxidation sites excluding steroid dienone is 3. The summed E-state index contributed by atoms with van der Waals surface area (Å²) in [7, 11) is 1.62. The Labute approximate surface area is 341 Å². The molecule has 7 rings (SSSR count). The van der Waals surface area contributed by atoms with Gasteiger partial charge in [0.15, 0.2) is 5.78 Å². The number of dihydropyridines is 1. The van der Waals surface area contributed by atoms with Gasteiger partial charge in [-0.25, -0.2) is 9.67 Å². The third-order valence-corrected chi connectivity index (χ3v) is 17.6. The van der Waals surface area contributed by atoms with E-state index in [2.05, 4.69) is 71.6 Å². The van der Waals surface area contributed by atoms with E-state index >= 15 is 0 Å². The molecule has 57 heavy (non-hydrogen) atoms. The minimum atomic E-state index is -0.731. The van der Waals surface area contributed by atoms with Crippen LogP contribution in [0.3, 0.4) is 0 Å². The second kappa shape index (κ2) is 13.9. The Morgan fingerprint density at radius 1 is 1.02 bits per heavy atom. The first-order valence-corrected chi connectivity index (χ1v) is 22.0. The van der Waals surface area contributed by atoms with Gasteiger partial charge in [-0.15, -0.1) is 0 Å². The van der Waals surface area contributed by atoms with Crippen LogP contribution in [0, 0.1) is 57.7 Å². The predicted octanol–water partition coefficient (Wildman–Crippen LogP) is 9.77. The topological polar surface area (TPSA) is 112 Å². The molecule has 314 valence electrons. The molecule has 0 saturated heterocycles. The smallest absolute Gasteiger partial charge is 0.307 e. The van der Waals surface area contributed by atoms with Crippen molar-refractivity contribution in [3.63, 3.8) is 0 Å². The zero-order valence-corrected chi connectivity index (χ0v) is 37.1. The second-order valence-electron chi connectivity index (χ2n) is 21.3. The van der Waals surface area contributed by atoms with Gasteiger partial charge in [-0.3, -0.25) is 19.1 Å². The van der Waals surface area contributed by atoms with Crippen LogP contribution in [0.1, 0.15) is 151 Å². The number of aliphatic hydroxyl groups excluding tert-OH is 1. The number of carbonyl (C=O) groups excluding carboxylic acids is 2. The van der Waals surface area contributed by atoms with E-state index < -0.39 is 10.8 Å². The maximum Gasteiger partial charge on any atom is 0.307 e. The maximum absolute atomic E-state index is 14.6. The average Bonchev–Trinajstić information content (AvgIpc) is 3.58. The van der Waals surface area contributed by atoms with E-state index in [1.165, 1.54) is 5.57 Å². The number of esters is 1. The molecule has 0 spiro atoms. The minimum Gasteiger partial charge on any atom is -0.512 e. The van der Waals surface area contributed by atoms with E-state index in [1.807, 2.05) is 37.6 Å². The lowest BCUT2D eigenvalue weighted by atomic mass is 9.33. The fraction of sp³-hybridized carbons (Fsp3) is 0.750. The summed E-state index contributed by atoms with van der Waals surface area (Å²) >= 11 is 0. The second-order valence-corrected chi connectivity index (χ2v) is 21.3. The van der Waals surface area contributed by atoms with E-state index in [4.69, 9.17) is 9.47 Å². The first-order chi connectivity index (χ1) is 26.6. The minimum absolute atomic E-state index is 0.00510. The van der Waals surface area contributed by atoms with E-state index in [9.17, 15) is 19.5 Å². The van der Waals surface area contributed by atoms with Gasteiger partial charge >= 0.3 is 5.97 Å². The van der Waals surface area contributed by atoms with Gasteiger partial charge in [0, 0.05) is 34.8 Å². The molecule has 4 saturated carbocycles. The van der Waals surface area contributed by atoms with Gasteiger partial charge in [-0.1, -0.05) is 75.0 Å². The fourth-order valence-electron chi connectivity index (χ4n) is 14.5. The molecule has 5 aliphatic carbocycles. The summed E-state index contributed by atoms with van der Waals surface area (Å²) in [5.74, 6) is 1.82. The monoisotopic (exact) mass is 786 g/mol. The van der Waals surface area contributed by atoms with Crippen LogP contribution in [0.15, 0.2) is 45.4 Å². The van der Waals surface area contributed by atoms with Crippen molar-refractivity contribution in [2.24, 2.45) is 55.7 Å². The lowest BCUT2D eigenvalue weighted by Crippen LogP contribution is -2.66. The summed E-state index contributed by atoms with van der Waals surface area (Å²) in [5.41, 5.74) is 2.88. The fourth-order valence-corrected chi connectivity index (χ4v) is 14.5. The van der Waals surface area contributed by atoms with E-state index in [0.717, 1.165) is 68.2 Å². The molecule has 1 N–H and O–H groups in total. The van der Waals surface area contributed by atoms with Crippen LogP contribution in [-0.4, -0.2) is 51.9 Å². The third kappa shape index (κ3) is 5.87. The van der Waals surface area contributed by atoms with Gasteiger partial charge in [0.1, 0.15) is 6.10 Å². The lowest BCUT2D eigenvalue weighted by Gasteiger charge is -2.72. The molecule has 0 radical (unpaired) electrons. The molecular weight excluding hydrogens is 715 g/mol. The number of hydrogen-bond acceptors (Lipinski definition) is 7. The van der Waals surface area contributed by atoms with Gasteiger partial charge < -0.3 is 14.6 Å². The standard InChI is InChI=1S/C48H71N3O6/c1-14-50-41(29(4)42(55)51(50)31-15-18-37(56-13)49-27-31)48-24-23-46(11)32(40(48)39(28(2)3)33(53)25-48)16-17-35-45(10)21-20-36(57-38(54)26-43(6,7)30(5)52)44(8,9)34(45)19-22-47(35,46)12/h15,18,28,31-32,34-36,52H,5,14,16-17,19-27H2,1-4,6-13H3/t31?,32-,34+,35-,36+,45+,46-,47-,48?/m1/s1. The van der Waals surface area contributed by atoms with Crippen molar-refractivity contribution in [3.05, 3.63) is 57.2 Å². The molecule has 1 aliphatic heterocycles. The normalized spacial score (nSPS) is 37.2. The summed E-state index contributed by atoms with van der Waals surface area (Å²) < 4.78 is 15.8. The molecule has 1 aromatic heterocycles. The first-order valence-electron chi connectivity index (χ1n) is 22.0. The number of ketones is 1. The molecule has 0 bridgehead atoms. The number of fused-ring (bicyclic) bond motifs is 7. The van der Waals surface area contributed by atoms with E-state index in [0.29, 0.717) is 37.2 Å². The summed E-state index contributed by atoms with van der Waals surface area (Å²) in [6.07, 6.45) is 12.3. The van der Waals surface area contributed by atoms with E-state index in [-0.39, 0.29) is 75.1 Å². The number of Topliss-reactive ketones (excluding diaryl/α,β-unsaturated/α-hetero) is 1. The molecule has 1 aromatic rings. The van der Waals surface area contributed by atoms with Crippen molar-refractivity contribution in [2.75, 3.05) is 13.7 Å². The zero-order valence-electron chi connectivity index (χ0n) is 37.1. The van der Waals surface area contributed by atoms with E-state index in [1.54, 1.807) is 7.11 Å². The Kier molecular flexibility index (Phi) is 10.2. The van der Waals surface area contributed by atoms with Crippen molar-refractivity contribution >= 4 is 17.7 Å². The van der Waals surface area contributed by atoms with Crippen molar-refractivity contribution in [2.45, 2.75) is 164 Å². The van der Waals surface area contributed by atoms with Crippen LogP contribution in [0.2, 0.25) is 0 Å². The van der Waals surface area contributed by atoms with Crippen LogP contribution in [0.4, 0.5) is 0 Å². The van der Waals surface area contributed by atoms with Crippen molar-refractivity contribution in [3.8, 4) is 0 Å². The number of hydrogen-bond donors (Lipinski definition) is 1. The molecule has 0 amide bonds. The number of aromatic nitrogens is 2. The summed E-state index contributed by atoms with van der Waals surface area (Å²) in [5, 5.41) is 10.1. The molecule has 6 aliphatic rings. The highest BCUT2D eigenvalue weighted by Crippen LogP contribution is 2.77.